The molecule has 6 heterocycles. The minimum Gasteiger partial charge on any atom is -0.437 e. The molecule has 0 unspecified atom stereocenters. The van der Waals surface area contributed by atoms with Crippen LogP contribution in [-0.2, 0) is 0 Å². The van der Waals surface area contributed by atoms with Crippen LogP contribution < -0.4 is 28.4 Å². The summed E-state index contributed by atoms with van der Waals surface area (Å²) in [5.74, 6) is 0.883. The van der Waals surface area contributed by atoms with Gasteiger partial charge in [-0.15, -0.1) is 0 Å². The fraction of sp³-hybridized carbons (Fsp3) is 0. The molecule has 0 N–H and O–H groups in total. The second-order valence-electron chi connectivity index (χ2n) is 8.58. The average Bonchev–Trinajstić information content (AvgIpc) is 2.91. The number of nitrogens with zero attached hydrogens (tertiary/aromatic N) is 3. The predicted molar refractivity (Wildman–Crippen MR) is 156 cm³/mol. The number of aromatic nitrogens is 3. The van der Waals surface area contributed by atoms with E-state index < -0.39 is 0 Å². The molecule has 0 amide bonds. The van der Waals surface area contributed by atoms with E-state index in [4.69, 9.17) is 98.0 Å². The Morgan fingerprint density at radius 3 is 0.619 bits per heavy atom. The molecule has 2 aromatic carbocycles. The molecule has 12 bridgehead atoms. The van der Waals surface area contributed by atoms with Gasteiger partial charge in [0, 0.05) is 36.4 Å². The van der Waals surface area contributed by atoms with E-state index in [9.17, 15) is 0 Å². The van der Waals surface area contributed by atoms with Crippen LogP contribution in [0.5, 0.6) is 69.8 Å². The Balaban J connectivity index is 1.54. The number of hydrogen-bond donors (Lipinski definition) is 0. The quantitative estimate of drug-likeness (QED) is 0.155. The molecule has 9 nitrogen and oxygen atoms in total. The first kappa shape index (κ1) is 27.3. The van der Waals surface area contributed by atoms with E-state index in [1.54, 1.807) is 0 Å². The van der Waals surface area contributed by atoms with Gasteiger partial charge in [0.25, 0.3) is 0 Å². The van der Waals surface area contributed by atoms with Crippen LogP contribution in [0.4, 0.5) is 0 Å². The summed E-state index contributed by atoms with van der Waals surface area (Å²) < 4.78 is 36.2. The second-order valence-corrected chi connectivity index (χ2v) is 11.0. The Bertz CT molecular complexity index is 1570. The van der Waals surface area contributed by atoms with Crippen molar-refractivity contribution in [3.05, 3.63) is 84.7 Å². The summed E-state index contributed by atoms with van der Waals surface area (Å²) in [5.41, 5.74) is 0. The third kappa shape index (κ3) is 5.35. The highest BCUT2D eigenvalue weighted by molar-refractivity contribution is 6.37. The van der Waals surface area contributed by atoms with Gasteiger partial charge >= 0.3 is 0 Å². The Labute approximate surface area is 266 Å². The zero-order chi connectivity index (χ0) is 29.1. The van der Waals surface area contributed by atoms with Gasteiger partial charge in [-0.1, -0.05) is 69.6 Å². The number of rotatable bonds is 0. The van der Waals surface area contributed by atoms with Crippen LogP contribution >= 0.6 is 69.6 Å². The molecular formula is C27H9Cl6N3O6. The van der Waals surface area contributed by atoms with E-state index in [-0.39, 0.29) is 99.9 Å². The van der Waals surface area contributed by atoms with Crippen molar-refractivity contribution in [3.63, 3.8) is 0 Å². The fourth-order valence-corrected chi connectivity index (χ4v) is 5.15. The van der Waals surface area contributed by atoms with E-state index in [0.717, 1.165) is 0 Å². The van der Waals surface area contributed by atoms with Gasteiger partial charge in [-0.05, 0) is 18.2 Å². The normalized spacial score (nSPS) is 12.7. The van der Waals surface area contributed by atoms with Crippen molar-refractivity contribution in [3.8, 4) is 69.8 Å². The number of ether oxygens (including phenoxy) is 6. The summed E-state index contributed by atoms with van der Waals surface area (Å²) in [4.78, 5) is 13.1. The maximum Gasteiger partial charge on any atom is 0.241 e. The molecule has 3 aliphatic rings. The van der Waals surface area contributed by atoms with Crippen LogP contribution in [0, 0.1) is 0 Å². The molecule has 0 aliphatic carbocycles. The van der Waals surface area contributed by atoms with E-state index in [1.165, 1.54) is 54.6 Å². The Kier molecular flexibility index (Phi) is 6.89. The van der Waals surface area contributed by atoms with Crippen molar-refractivity contribution in [1.82, 2.24) is 15.0 Å². The monoisotopic (exact) mass is 681 g/mol. The minimum absolute atomic E-state index is 0.0305. The van der Waals surface area contributed by atoms with E-state index >= 15 is 0 Å². The van der Waals surface area contributed by atoms with E-state index in [0.29, 0.717) is 0 Å². The third-order valence-electron chi connectivity index (χ3n) is 5.59. The van der Waals surface area contributed by atoms with Gasteiger partial charge in [-0.25, -0.2) is 0 Å². The highest BCUT2D eigenvalue weighted by Gasteiger charge is 2.22. The summed E-state index contributed by atoms with van der Waals surface area (Å²) in [6.45, 7) is 0. The lowest BCUT2D eigenvalue weighted by molar-refractivity contribution is 0.390. The number of benzene rings is 2. The molecule has 0 spiro atoms. The second kappa shape index (κ2) is 10.6. The molecule has 0 atom stereocenters. The maximum absolute atomic E-state index is 6.42. The zero-order valence-corrected chi connectivity index (χ0v) is 24.8. The zero-order valence-electron chi connectivity index (χ0n) is 20.3. The summed E-state index contributed by atoms with van der Waals surface area (Å²) >= 11 is 38.5. The molecule has 3 aliphatic heterocycles. The van der Waals surface area contributed by atoms with Gasteiger partial charge in [0.2, 0.25) is 35.3 Å². The minimum atomic E-state index is -0.0305. The van der Waals surface area contributed by atoms with Crippen molar-refractivity contribution in [2.75, 3.05) is 0 Å². The lowest BCUT2D eigenvalue weighted by atomic mass is 10.3. The number of pyridine rings is 3. The molecule has 0 saturated heterocycles. The van der Waals surface area contributed by atoms with Gasteiger partial charge in [0.15, 0.2) is 0 Å². The molecular weight excluding hydrogens is 675 g/mol. The summed E-state index contributed by atoms with van der Waals surface area (Å²) in [6.07, 6.45) is 0. The molecule has 3 aromatic heterocycles. The Morgan fingerprint density at radius 2 is 0.452 bits per heavy atom. The van der Waals surface area contributed by atoms with Gasteiger partial charge in [0.05, 0.1) is 0 Å². The van der Waals surface area contributed by atoms with Gasteiger partial charge in [-0.2, -0.15) is 15.0 Å². The number of hydrogen-bond acceptors (Lipinski definition) is 9. The van der Waals surface area contributed by atoms with Crippen molar-refractivity contribution in [2.24, 2.45) is 0 Å². The molecule has 15 heteroatoms. The molecule has 210 valence electrons. The summed E-state index contributed by atoms with van der Waals surface area (Å²) in [7, 11) is 0. The highest BCUT2D eigenvalue weighted by atomic mass is 35.5. The molecule has 0 radical (unpaired) electrons. The van der Waals surface area contributed by atoms with Crippen LogP contribution in [0.25, 0.3) is 0 Å². The Hall–Kier alpha value is -3.57. The lowest BCUT2D eigenvalue weighted by Crippen LogP contribution is -2.00. The first-order chi connectivity index (χ1) is 20.2. The Morgan fingerprint density at radius 1 is 0.286 bits per heavy atom. The van der Waals surface area contributed by atoms with Crippen molar-refractivity contribution in [2.45, 2.75) is 0 Å². The number of halogens is 6. The van der Waals surface area contributed by atoms with Crippen LogP contribution in [0.1, 0.15) is 0 Å². The van der Waals surface area contributed by atoms with Gasteiger partial charge < -0.3 is 28.4 Å². The van der Waals surface area contributed by atoms with Crippen LogP contribution in [0.2, 0.25) is 30.1 Å². The van der Waals surface area contributed by atoms with Crippen LogP contribution in [0.15, 0.2) is 54.6 Å². The third-order valence-corrected chi connectivity index (χ3v) is 7.21. The van der Waals surface area contributed by atoms with Crippen molar-refractivity contribution < 1.29 is 28.4 Å². The maximum atomic E-state index is 6.42. The summed E-state index contributed by atoms with van der Waals surface area (Å²) in [6, 6.07) is 13.4. The van der Waals surface area contributed by atoms with E-state index in [1.807, 2.05) is 0 Å². The predicted octanol–water partition coefficient (Wildman–Crippen LogP) is 11.2. The highest BCUT2D eigenvalue weighted by Crippen LogP contribution is 2.45. The van der Waals surface area contributed by atoms with Crippen molar-refractivity contribution in [1.29, 1.82) is 0 Å². The molecule has 42 heavy (non-hydrogen) atoms. The summed E-state index contributed by atoms with van der Waals surface area (Å²) in [5, 5.41) is 0.603. The standard InChI is InChI=1S/C27H9Cl6N3O6/c28-16-7-18(30)24-34-22(16)37-10-1-11-3-12(2-10)39-26-20(32)9-21(33)27(36-26)42-15-5-13(40-24)4-14(6-15)41-25-19(31)8-17(29)23(35-25)38-11/h1-9H. The molecule has 5 aromatic rings. The van der Waals surface area contributed by atoms with Crippen molar-refractivity contribution >= 4 is 69.6 Å². The largest absolute Gasteiger partial charge is 0.437 e. The SMILES string of the molecule is Clc1cc(Cl)c2nc1Oc1cc3cc(c1)Oc1nc(c(Cl)cc1Cl)Oc1cc(cc(c1)Oc1nc(c(Cl)cc1Cl)O3)O2. The van der Waals surface area contributed by atoms with Crippen LogP contribution in [0.3, 0.4) is 0 Å². The fourth-order valence-electron chi connectivity index (χ4n) is 3.85. The average molecular weight is 684 g/mol. The van der Waals surface area contributed by atoms with Gasteiger partial charge in [0.1, 0.15) is 64.6 Å². The van der Waals surface area contributed by atoms with E-state index in [2.05, 4.69) is 15.0 Å². The lowest BCUT2D eigenvalue weighted by Gasteiger charge is -2.18. The topological polar surface area (TPSA) is 94.1 Å². The molecule has 8 rings (SSSR count). The smallest absolute Gasteiger partial charge is 0.241 e. The first-order valence-electron chi connectivity index (χ1n) is 11.6. The molecule has 0 fully saturated rings. The molecule has 0 saturated carbocycles. The van der Waals surface area contributed by atoms with Crippen LogP contribution in [-0.4, -0.2) is 15.0 Å². The van der Waals surface area contributed by atoms with Gasteiger partial charge in [-0.3, -0.25) is 0 Å². The first-order valence-corrected chi connectivity index (χ1v) is 13.9.